The summed E-state index contributed by atoms with van der Waals surface area (Å²) in [6, 6.07) is 2.00. The molecule has 9 nitrogen and oxygen atoms in total. The van der Waals surface area contributed by atoms with Gasteiger partial charge in [0.05, 0.1) is 12.4 Å². The molecule has 0 spiro atoms. The van der Waals surface area contributed by atoms with Gasteiger partial charge in [-0.25, -0.2) is 14.5 Å². The van der Waals surface area contributed by atoms with E-state index in [2.05, 4.69) is 30.0 Å². The summed E-state index contributed by atoms with van der Waals surface area (Å²) in [6.45, 7) is 2.07. The molecule has 0 N–H and O–H groups in total. The summed E-state index contributed by atoms with van der Waals surface area (Å²) in [5, 5.41) is 17.8. The number of nitriles is 1. The molecule has 0 bridgehead atoms. The van der Waals surface area contributed by atoms with Crippen molar-refractivity contribution in [2.24, 2.45) is 7.05 Å². The molecular formula is C15H17N9. The lowest BCUT2D eigenvalue weighted by Gasteiger charge is -2.10. The lowest BCUT2D eigenvalue weighted by Crippen LogP contribution is -2.19. The van der Waals surface area contributed by atoms with Gasteiger partial charge in [0.1, 0.15) is 11.9 Å². The van der Waals surface area contributed by atoms with Gasteiger partial charge >= 0.3 is 0 Å². The predicted octanol–water partition coefficient (Wildman–Crippen LogP) is 0.510. The summed E-state index contributed by atoms with van der Waals surface area (Å²) in [6.07, 6.45) is 6.93. The van der Waals surface area contributed by atoms with Crippen LogP contribution in [0, 0.1) is 11.3 Å². The van der Waals surface area contributed by atoms with Crippen molar-refractivity contribution in [1.29, 1.82) is 5.26 Å². The molecule has 1 aliphatic rings. The highest BCUT2D eigenvalue weighted by Crippen LogP contribution is 2.16. The Morgan fingerprint density at radius 3 is 2.79 bits per heavy atom. The zero-order valence-corrected chi connectivity index (χ0v) is 13.4. The molecule has 1 aliphatic heterocycles. The van der Waals surface area contributed by atoms with Crippen molar-refractivity contribution in [2.75, 3.05) is 18.0 Å². The number of hydrogen-bond donors (Lipinski definition) is 0. The molecule has 3 aromatic rings. The third-order valence-electron chi connectivity index (χ3n) is 4.18. The Kier molecular flexibility index (Phi) is 3.57. The van der Waals surface area contributed by atoms with Crippen LogP contribution in [-0.2, 0) is 19.9 Å². The third kappa shape index (κ3) is 2.67. The predicted molar refractivity (Wildman–Crippen MR) is 85.4 cm³/mol. The normalized spacial score (nSPS) is 14.4. The van der Waals surface area contributed by atoms with Crippen molar-refractivity contribution in [3.05, 3.63) is 29.7 Å². The maximum atomic E-state index is 8.88. The van der Waals surface area contributed by atoms with Crippen LogP contribution in [0.2, 0.25) is 0 Å². The molecule has 3 aromatic heterocycles. The number of rotatable bonds is 4. The van der Waals surface area contributed by atoms with Crippen molar-refractivity contribution in [1.82, 2.24) is 34.3 Å². The van der Waals surface area contributed by atoms with E-state index in [1.807, 2.05) is 17.8 Å². The molecule has 9 heteroatoms. The standard InChI is InChI=1S/C15H17N9/c1-22-13(19-15(21-22)23-6-2-3-7-23)5-4-12-18-14-9-17-11(8-16)10-24(14)20-12/h9-10H,2-7H2,1H3. The minimum absolute atomic E-state index is 0.322. The Bertz CT molecular complexity index is 911. The molecule has 0 aromatic carbocycles. The van der Waals surface area contributed by atoms with E-state index in [1.165, 1.54) is 12.8 Å². The molecule has 0 amide bonds. The third-order valence-corrected chi connectivity index (χ3v) is 4.18. The average molecular weight is 323 g/mol. The second-order valence-electron chi connectivity index (χ2n) is 5.86. The van der Waals surface area contributed by atoms with Gasteiger partial charge < -0.3 is 4.90 Å². The quantitative estimate of drug-likeness (QED) is 0.689. The average Bonchev–Trinajstić information content (AvgIpc) is 3.31. The van der Waals surface area contributed by atoms with Gasteiger partial charge in [0.25, 0.3) is 0 Å². The van der Waals surface area contributed by atoms with E-state index < -0.39 is 0 Å². The van der Waals surface area contributed by atoms with Gasteiger partial charge in [-0.1, -0.05) is 0 Å². The fourth-order valence-corrected chi connectivity index (χ4v) is 2.90. The number of aryl methyl sites for hydroxylation is 3. The first-order chi connectivity index (χ1) is 11.7. The largest absolute Gasteiger partial charge is 0.340 e. The van der Waals surface area contributed by atoms with Gasteiger partial charge in [0.2, 0.25) is 5.95 Å². The number of nitrogens with zero attached hydrogens (tertiary/aromatic N) is 9. The zero-order valence-electron chi connectivity index (χ0n) is 13.4. The van der Waals surface area contributed by atoms with Gasteiger partial charge in [0.15, 0.2) is 17.2 Å². The van der Waals surface area contributed by atoms with Crippen molar-refractivity contribution in [3.8, 4) is 6.07 Å². The zero-order chi connectivity index (χ0) is 16.5. The fourth-order valence-electron chi connectivity index (χ4n) is 2.90. The van der Waals surface area contributed by atoms with E-state index in [-0.39, 0.29) is 0 Å². The second-order valence-corrected chi connectivity index (χ2v) is 5.86. The van der Waals surface area contributed by atoms with E-state index in [0.717, 1.165) is 24.9 Å². The summed E-state index contributed by atoms with van der Waals surface area (Å²) in [5.41, 5.74) is 0.960. The molecule has 0 radical (unpaired) electrons. The summed E-state index contributed by atoms with van der Waals surface area (Å²) < 4.78 is 3.42. The smallest absolute Gasteiger partial charge is 0.244 e. The lowest BCUT2D eigenvalue weighted by atomic mass is 10.3. The molecule has 1 saturated heterocycles. The Morgan fingerprint density at radius 2 is 2.00 bits per heavy atom. The van der Waals surface area contributed by atoms with Gasteiger partial charge in [-0.15, -0.1) is 5.10 Å². The molecule has 0 saturated carbocycles. The molecule has 24 heavy (non-hydrogen) atoms. The topological polar surface area (TPSA) is 101 Å². The maximum absolute atomic E-state index is 8.88. The van der Waals surface area contributed by atoms with Crippen LogP contribution in [0.3, 0.4) is 0 Å². The first-order valence-electron chi connectivity index (χ1n) is 7.99. The van der Waals surface area contributed by atoms with Gasteiger partial charge in [-0.3, -0.25) is 4.68 Å². The van der Waals surface area contributed by atoms with Crippen molar-refractivity contribution < 1.29 is 0 Å². The van der Waals surface area contributed by atoms with Crippen LogP contribution in [0.4, 0.5) is 5.95 Å². The molecule has 4 rings (SSSR count). The second kappa shape index (κ2) is 5.88. The van der Waals surface area contributed by atoms with Crippen molar-refractivity contribution in [2.45, 2.75) is 25.7 Å². The van der Waals surface area contributed by atoms with Crippen molar-refractivity contribution >= 4 is 11.6 Å². The fraction of sp³-hybridized carbons (Fsp3) is 0.467. The Morgan fingerprint density at radius 1 is 1.17 bits per heavy atom. The number of anilines is 1. The highest BCUT2D eigenvalue weighted by atomic mass is 15.4. The highest BCUT2D eigenvalue weighted by Gasteiger charge is 2.18. The number of fused-ring (bicyclic) bond motifs is 1. The van der Waals surface area contributed by atoms with E-state index in [9.17, 15) is 0 Å². The SMILES string of the molecule is Cn1nc(N2CCCC2)nc1CCc1nc2cnc(C#N)cn2n1. The number of hydrogen-bond acceptors (Lipinski definition) is 7. The van der Waals surface area contributed by atoms with E-state index in [0.29, 0.717) is 30.0 Å². The van der Waals surface area contributed by atoms with Crippen LogP contribution in [0.15, 0.2) is 12.4 Å². The lowest BCUT2D eigenvalue weighted by molar-refractivity contribution is 0.681. The van der Waals surface area contributed by atoms with E-state index in [4.69, 9.17) is 5.26 Å². The van der Waals surface area contributed by atoms with Crippen LogP contribution < -0.4 is 4.90 Å². The van der Waals surface area contributed by atoms with Crippen LogP contribution >= 0.6 is 0 Å². The first-order valence-corrected chi connectivity index (χ1v) is 7.99. The molecule has 122 valence electrons. The molecular weight excluding hydrogens is 306 g/mol. The minimum atomic E-state index is 0.322. The van der Waals surface area contributed by atoms with E-state index in [1.54, 1.807) is 16.9 Å². The first kappa shape index (κ1) is 14.6. The molecule has 0 atom stereocenters. The molecule has 0 aliphatic carbocycles. The van der Waals surface area contributed by atoms with Crippen LogP contribution in [0.5, 0.6) is 0 Å². The summed E-state index contributed by atoms with van der Waals surface area (Å²) in [7, 11) is 1.92. The summed E-state index contributed by atoms with van der Waals surface area (Å²) >= 11 is 0. The Hall–Kier alpha value is -3.02. The number of aromatic nitrogens is 7. The van der Waals surface area contributed by atoms with Crippen molar-refractivity contribution in [3.63, 3.8) is 0 Å². The summed E-state index contributed by atoms with van der Waals surface area (Å²) in [5.74, 6) is 2.44. The monoisotopic (exact) mass is 323 g/mol. The summed E-state index contributed by atoms with van der Waals surface area (Å²) in [4.78, 5) is 15.3. The van der Waals surface area contributed by atoms with Crippen LogP contribution in [0.1, 0.15) is 30.2 Å². The van der Waals surface area contributed by atoms with Gasteiger partial charge in [-0.2, -0.15) is 15.3 Å². The highest BCUT2D eigenvalue weighted by molar-refractivity contribution is 5.36. The molecule has 0 unspecified atom stereocenters. The Labute approximate surface area is 138 Å². The van der Waals surface area contributed by atoms with Gasteiger partial charge in [-0.05, 0) is 12.8 Å². The Balaban J connectivity index is 1.49. The minimum Gasteiger partial charge on any atom is -0.340 e. The molecule has 1 fully saturated rings. The van der Waals surface area contributed by atoms with Crippen LogP contribution in [-0.4, -0.2) is 47.4 Å². The molecule has 4 heterocycles. The van der Waals surface area contributed by atoms with E-state index >= 15 is 0 Å². The maximum Gasteiger partial charge on any atom is 0.244 e. The van der Waals surface area contributed by atoms with Gasteiger partial charge in [0, 0.05) is 33.0 Å². The van der Waals surface area contributed by atoms with Crippen LogP contribution in [0.25, 0.3) is 5.65 Å².